The summed E-state index contributed by atoms with van der Waals surface area (Å²) in [6, 6.07) is 0. The molecule has 25 saturated carbocycles. The van der Waals surface area contributed by atoms with Crippen LogP contribution in [0.15, 0.2) is 85.6 Å². The summed E-state index contributed by atoms with van der Waals surface area (Å²) in [6.07, 6.45) is 78.6. The average Bonchev–Trinajstić information content (AvgIpc) is 1.68. The Balaban J connectivity index is 0.0000000992. The Morgan fingerprint density at radius 3 is 1.39 bits per heavy atom. The smallest absolute Gasteiger partial charge is 0.311 e. The summed E-state index contributed by atoms with van der Waals surface area (Å²) < 4.78 is 5.13. The van der Waals surface area contributed by atoms with Gasteiger partial charge < -0.3 is 14.9 Å². The Kier molecular flexibility index (Phi) is 22.4. The van der Waals surface area contributed by atoms with Gasteiger partial charge in [-0.05, 0) is 430 Å². The fourth-order valence-electron chi connectivity index (χ4n) is 33.1. The molecule has 24 bridgehead atoms. The molecule has 26 aliphatic carbocycles. The van der Waals surface area contributed by atoms with Gasteiger partial charge in [-0.2, -0.15) is 0 Å². The molecule has 105 heavy (non-hydrogen) atoms. The van der Waals surface area contributed by atoms with Crippen LogP contribution in [0.25, 0.3) is 0 Å². The van der Waals surface area contributed by atoms with Crippen molar-refractivity contribution >= 4 is 5.97 Å². The molecule has 586 valence electrons. The highest BCUT2D eigenvalue weighted by Gasteiger charge is 2.64. The number of aliphatic hydroxyl groups excluding tert-OH is 1. The van der Waals surface area contributed by atoms with Gasteiger partial charge in [0.25, 0.3) is 0 Å². The summed E-state index contributed by atoms with van der Waals surface area (Å²) >= 11 is 0. The van der Waals surface area contributed by atoms with E-state index < -0.39 is 0 Å². The maximum atomic E-state index is 12.3. The number of methoxy groups -OCH3 is 1. The maximum Gasteiger partial charge on any atom is 0.311 e. The summed E-state index contributed by atoms with van der Waals surface area (Å²) in [5.41, 5.74) is 6.56. The zero-order valence-electron chi connectivity index (χ0n) is 69.6. The third-order valence-electron chi connectivity index (χ3n) is 39.0. The van der Waals surface area contributed by atoms with Crippen molar-refractivity contribution in [2.75, 3.05) is 13.7 Å². The lowest BCUT2D eigenvalue weighted by Gasteiger charge is -2.62. The van der Waals surface area contributed by atoms with E-state index in [1.165, 1.54) is 154 Å². The number of carbonyl (C=O) groups excluding carboxylic acids is 1. The van der Waals surface area contributed by atoms with E-state index in [0.29, 0.717) is 74.1 Å². The minimum absolute atomic E-state index is 0.0634. The van der Waals surface area contributed by atoms with E-state index in [-0.39, 0.29) is 17.0 Å². The van der Waals surface area contributed by atoms with Gasteiger partial charge in [0, 0.05) is 6.61 Å². The number of allylic oxidation sites excluding steroid dienone is 11. The number of fused-ring (bicyclic) bond motifs is 4. The predicted octanol–water partition coefficient (Wildman–Crippen LogP) is 26.5. The van der Waals surface area contributed by atoms with E-state index in [0.717, 1.165) is 157 Å². The molecule has 0 aromatic rings. The van der Waals surface area contributed by atoms with Gasteiger partial charge in [-0.3, -0.25) is 4.79 Å². The number of ether oxygens (including phenoxy) is 1. The lowest BCUT2D eigenvalue weighted by Crippen LogP contribution is -2.58. The van der Waals surface area contributed by atoms with Crippen molar-refractivity contribution in [3.8, 4) is 0 Å². The number of aliphatic hydroxyl groups is 2. The summed E-state index contributed by atoms with van der Waals surface area (Å²) in [6.45, 7) is 36.6. The molecule has 0 saturated heterocycles. The van der Waals surface area contributed by atoms with Crippen LogP contribution in [0.4, 0.5) is 0 Å². The number of hydrogen-bond donors (Lipinski definition) is 2. The molecule has 0 spiro atoms. The number of rotatable bonds is 11. The Morgan fingerprint density at radius 2 is 0.943 bits per heavy atom. The largest absolute Gasteiger partial charge is 0.469 e. The molecule has 17 unspecified atom stereocenters. The monoisotopic (exact) mass is 1440 g/mol. The molecule has 25 fully saturated rings. The molecule has 4 nitrogen and oxygen atoms in total. The van der Waals surface area contributed by atoms with Gasteiger partial charge in [-0.25, -0.2) is 0 Å². The van der Waals surface area contributed by atoms with Gasteiger partial charge in [0.15, 0.2) is 0 Å². The third kappa shape index (κ3) is 14.4. The molecule has 26 aliphatic rings. The van der Waals surface area contributed by atoms with E-state index in [2.05, 4.69) is 144 Å². The van der Waals surface area contributed by atoms with Crippen molar-refractivity contribution in [1.82, 2.24) is 0 Å². The second-order valence-corrected chi connectivity index (χ2v) is 44.8. The van der Waals surface area contributed by atoms with E-state index in [1.807, 2.05) is 11.1 Å². The minimum Gasteiger partial charge on any atom is -0.469 e. The maximum absolute atomic E-state index is 12.3. The number of carbonyl (C=O) groups is 1. The average molecular weight is 1440 g/mol. The van der Waals surface area contributed by atoms with Gasteiger partial charge in [0.2, 0.25) is 0 Å². The second kappa shape index (κ2) is 30.2. The second-order valence-electron chi connectivity index (χ2n) is 44.8. The molecule has 0 heterocycles. The Labute approximate surface area is 644 Å². The highest BCUT2D eigenvalue weighted by Crippen LogP contribution is 2.71. The molecule has 0 aromatic carbocycles. The first-order chi connectivity index (χ1) is 50.2. The molecular weight excluding hydrogens is 1280 g/mol. The van der Waals surface area contributed by atoms with Crippen molar-refractivity contribution in [3.05, 3.63) is 85.6 Å². The molecule has 17 atom stereocenters. The summed E-state index contributed by atoms with van der Waals surface area (Å²) in [4.78, 5) is 12.3. The zero-order chi connectivity index (χ0) is 73.9. The molecule has 2 N–H and O–H groups in total. The van der Waals surface area contributed by atoms with Crippen LogP contribution in [-0.4, -0.2) is 35.5 Å². The molecular formula is C101H158O4. The van der Waals surface area contributed by atoms with Gasteiger partial charge in [-0.15, -0.1) is 19.7 Å². The highest BCUT2D eigenvalue weighted by molar-refractivity contribution is 5.77. The van der Waals surface area contributed by atoms with Gasteiger partial charge in [0.1, 0.15) is 0 Å². The lowest BCUT2D eigenvalue weighted by molar-refractivity contribution is -0.180. The molecule has 0 amide bonds. The van der Waals surface area contributed by atoms with Crippen LogP contribution in [0.3, 0.4) is 0 Å². The van der Waals surface area contributed by atoms with E-state index in [4.69, 9.17) is 4.74 Å². The van der Waals surface area contributed by atoms with Crippen LogP contribution in [0, 0.1) is 185 Å². The zero-order valence-corrected chi connectivity index (χ0v) is 69.6. The molecule has 0 radical (unpaired) electrons. The van der Waals surface area contributed by atoms with Gasteiger partial charge in [0.05, 0.1) is 18.1 Å². The summed E-state index contributed by atoms with van der Waals surface area (Å²) in [5.74, 6) is 22.1. The fraction of sp³-hybridized carbons (Fsp3) is 0.851. The van der Waals surface area contributed by atoms with Crippen LogP contribution in [0.2, 0.25) is 0 Å². The Bertz CT molecular complexity index is 3120. The fourth-order valence-corrected chi connectivity index (χ4v) is 33.1. The normalized spacial score (nSPS) is 52.8. The quantitative estimate of drug-likeness (QED) is 0.160. The SMILES string of the molecule is C=CC1(C)C2CC3CC(C2)C(CO)C1C3.C=CC1(C)C2CC3CC1CC(O)(C3)C2.C=CC1(C)CC2CCC1C2.CC/C=C/C1(C)CC2CCC1C2.CC/C=C\C1(C)C2CC3CC1CC(C(=O)OC)(C3)C2.CC1(C=C2CCCC2)C2CC3CC(C2)CC1C3.CC1CC=C(C2(C)C3CC4CC(C3)CC2C4)CC1. The lowest BCUT2D eigenvalue weighted by atomic mass is 9.41. The van der Waals surface area contributed by atoms with Crippen molar-refractivity contribution < 1.29 is 19.7 Å². The Hall–Kier alpha value is -2.43. The Morgan fingerprint density at radius 1 is 0.467 bits per heavy atom. The minimum atomic E-state index is -0.293. The van der Waals surface area contributed by atoms with Crippen LogP contribution in [-0.2, 0) is 9.53 Å². The van der Waals surface area contributed by atoms with Crippen molar-refractivity contribution in [2.24, 2.45) is 185 Å². The van der Waals surface area contributed by atoms with Crippen molar-refractivity contribution in [3.63, 3.8) is 0 Å². The van der Waals surface area contributed by atoms with Crippen LogP contribution < -0.4 is 0 Å². The van der Waals surface area contributed by atoms with Crippen LogP contribution in [0.1, 0.15) is 332 Å². The molecule has 0 aliphatic heterocycles. The summed E-state index contributed by atoms with van der Waals surface area (Å²) in [5, 5.41) is 20.0. The van der Waals surface area contributed by atoms with E-state index in [1.54, 1.807) is 71.3 Å². The molecule has 0 aromatic heterocycles. The van der Waals surface area contributed by atoms with E-state index in [9.17, 15) is 15.0 Å². The summed E-state index contributed by atoms with van der Waals surface area (Å²) in [7, 11) is 1.55. The molecule has 4 heteroatoms. The van der Waals surface area contributed by atoms with Crippen LogP contribution >= 0.6 is 0 Å². The predicted molar refractivity (Wildman–Crippen MR) is 438 cm³/mol. The molecule has 26 rings (SSSR count). The van der Waals surface area contributed by atoms with Crippen LogP contribution in [0.5, 0.6) is 0 Å². The van der Waals surface area contributed by atoms with Crippen molar-refractivity contribution in [1.29, 1.82) is 0 Å². The first-order valence-corrected chi connectivity index (χ1v) is 46.2. The first-order valence-electron chi connectivity index (χ1n) is 46.2. The highest BCUT2D eigenvalue weighted by atomic mass is 16.5. The standard InChI is InChI=1S/C18H28.C17H26O2.C17H26.C14H22O.C13H20O.C12H20.C10H16/c1-12-3-5-15(6-4-12)18(2)16-8-13-7-14(10-16)11-17(18)9-13;1-4-5-6-16(2)13-7-12-8-14(16)11-17(9-12,10-13)15(18)19-3;1-17(11-12-4-2-3-5-12)15-7-13-6-14(9-15)10-16(17)8-13;1-3-14(2)11-5-9-4-10(7-11)12(8-15)13(14)6-9;1-3-12(2)10-4-9-5-11(12)8-13(14,6-9)7-10;1-3-4-7-12(2)9-10-5-6-11(12)8-10;1-3-10(2)7-8-4-5-9(10)6-8/h5,12-14,16-17H,3-4,6-11H2,1-2H3;5-6,12-14H,4,7-11H2,1-3H3;11,13-16H,2-10H2,1H3;3,9-13,15H,1,4-8H2,2H3;3,9-11,14H,1,4-8H2,2H3;4,7,10-11H,3,5-6,8-9H2,1-2H3;3,8-9H,1,4-7H2,2H3/b;6-5-;;;;7-4+;. The van der Waals surface area contributed by atoms with Gasteiger partial charge in [-0.1, -0.05) is 148 Å². The van der Waals surface area contributed by atoms with Gasteiger partial charge >= 0.3 is 5.97 Å². The van der Waals surface area contributed by atoms with E-state index >= 15 is 0 Å². The number of hydrogen-bond acceptors (Lipinski definition) is 4. The first kappa shape index (κ1) is 77.9. The number of esters is 1. The third-order valence-corrected chi connectivity index (χ3v) is 39.0. The van der Waals surface area contributed by atoms with Crippen molar-refractivity contribution in [2.45, 2.75) is 338 Å². The topological polar surface area (TPSA) is 66.8 Å².